The molecule has 10 heteroatoms. The van der Waals surface area contributed by atoms with Gasteiger partial charge in [-0.3, -0.25) is 10.1 Å². The van der Waals surface area contributed by atoms with Crippen LogP contribution in [0.2, 0.25) is 0 Å². The van der Waals surface area contributed by atoms with E-state index in [2.05, 4.69) is 12.2 Å². The van der Waals surface area contributed by atoms with Crippen molar-refractivity contribution < 1.29 is 38.8 Å². The minimum atomic E-state index is -0.752. The Hall–Kier alpha value is -2.69. The second-order valence-corrected chi connectivity index (χ2v) is 11.5. The van der Waals surface area contributed by atoms with Crippen LogP contribution in [0.15, 0.2) is 24.3 Å². The fraction of sp³-hybridized carbons (Fsp3) is 0.690. The van der Waals surface area contributed by atoms with Gasteiger partial charge in [0.15, 0.2) is 0 Å². The zero-order valence-electron chi connectivity index (χ0n) is 23.2. The number of nitrogens with one attached hydrogen (secondary N) is 1. The van der Waals surface area contributed by atoms with Crippen LogP contribution < -0.4 is 5.32 Å². The lowest BCUT2D eigenvalue weighted by molar-refractivity contribution is -0.187. The summed E-state index contributed by atoms with van der Waals surface area (Å²) in [6.45, 7) is 8.00. The molecule has 6 unspecified atom stereocenters. The molecule has 39 heavy (non-hydrogen) atoms. The first-order chi connectivity index (χ1) is 18.6. The predicted molar refractivity (Wildman–Crippen MR) is 143 cm³/mol. The second kappa shape index (κ2) is 12.2. The normalized spacial score (nSPS) is 32.6. The number of carbonyl (C=O) groups excluding carboxylic acids is 3. The van der Waals surface area contributed by atoms with Crippen molar-refractivity contribution in [3.8, 4) is 0 Å². The van der Waals surface area contributed by atoms with E-state index < -0.39 is 35.1 Å². The fourth-order valence-corrected chi connectivity index (χ4v) is 7.12. The van der Waals surface area contributed by atoms with Gasteiger partial charge in [0, 0.05) is 30.6 Å². The summed E-state index contributed by atoms with van der Waals surface area (Å²) in [5, 5.41) is 24.4. The molecule has 0 radical (unpaired) electrons. The maximum Gasteiger partial charge on any atom is 0.411 e. The molecule has 0 spiro atoms. The third-order valence-corrected chi connectivity index (χ3v) is 9.30. The van der Waals surface area contributed by atoms with Gasteiger partial charge in [-0.1, -0.05) is 19.9 Å². The number of carbonyl (C=O) groups is 3. The summed E-state index contributed by atoms with van der Waals surface area (Å²) in [7, 11) is 0. The molecule has 216 valence electrons. The summed E-state index contributed by atoms with van der Waals surface area (Å²) >= 11 is 0. The van der Waals surface area contributed by atoms with Crippen molar-refractivity contribution in [1.29, 1.82) is 0 Å². The van der Waals surface area contributed by atoms with E-state index >= 15 is 0 Å². The average molecular weight is 547 g/mol. The molecule has 2 saturated carbocycles. The third-order valence-electron chi connectivity index (χ3n) is 9.30. The molecule has 1 heterocycles. The first kappa shape index (κ1) is 29.3. The van der Waals surface area contributed by atoms with Crippen molar-refractivity contribution in [3.05, 3.63) is 29.8 Å². The van der Waals surface area contributed by atoms with Crippen molar-refractivity contribution in [3.63, 3.8) is 0 Å². The monoisotopic (exact) mass is 546 g/mol. The summed E-state index contributed by atoms with van der Waals surface area (Å²) in [5.74, 6) is -0.759. The summed E-state index contributed by atoms with van der Waals surface area (Å²) < 4.78 is 16.3. The molecule has 2 amide bonds. The molecule has 3 N–H and O–H groups in total. The van der Waals surface area contributed by atoms with E-state index in [1.807, 2.05) is 11.8 Å². The van der Waals surface area contributed by atoms with Crippen LogP contribution in [0.1, 0.15) is 63.2 Å². The Morgan fingerprint density at radius 3 is 2.59 bits per heavy atom. The zero-order valence-corrected chi connectivity index (χ0v) is 23.2. The number of hydrogen-bond acceptors (Lipinski definition) is 8. The largest absolute Gasteiger partial charge is 0.462 e. The van der Waals surface area contributed by atoms with E-state index in [1.54, 1.807) is 25.1 Å². The molecular formula is C29H42N2O8. The smallest absolute Gasteiger partial charge is 0.411 e. The van der Waals surface area contributed by atoms with Crippen molar-refractivity contribution in [2.24, 2.45) is 22.7 Å². The molecule has 10 nitrogen and oxygen atoms in total. The van der Waals surface area contributed by atoms with E-state index in [0.29, 0.717) is 63.2 Å². The number of amides is 2. The van der Waals surface area contributed by atoms with Crippen molar-refractivity contribution in [2.75, 3.05) is 44.8 Å². The van der Waals surface area contributed by atoms with Gasteiger partial charge in [0.05, 0.1) is 38.1 Å². The maximum absolute atomic E-state index is 13.1. The number of hydrogen-bond donors (Lipinski definition) is 3. The lowest BCUT2D eigenvalue weighted by Crippen LogP contribution is -2.61. The Bertz CT molecular complexity index is 1040. The Balaban J connectivity index is 1.46. The quantitative estimate of drug-likeness (QED) is 0.444. The molecule has 3 aliphatic rings. The van der Waals surface area contributed by atoms with Gasteiger partial charge in [-0.25, -0.2) is 9.59 Å². The SMILES string of the molecule is CCOC(=O)c1cccc(NC(=O)OC2CCC3(C)C(CC(=O)N4CCOCC4)C(O)CCC3C2(C)CO)c1. The second-order valence-electron chi connectivity index (χ2n) is 11.5. The number of morpholine rings is 1. The van der Waals surface area contributed by atoms with Crippen molar-refractivity contribution in [1.82, 2.24) is 4.90 Å². The van der Waals surface area contributed by atoms with E-state index in [9.17, 15) is 24.6 Å². The molecule has 6 atom stereocenters. The maximum atomic E-state index is 13.1. The Labute approximate surface area is 230 Å². The van der Waals surface area contributed by atoms with Gasteiger partial charge < -0.3 is 29.3 Å². The average Bonchev–Trinajstić information content (AvgIpc) is 2.93. The minimum absolute atomic E-state index is 0.0257. The number of aliphatic hydroxyl groups excluding tert-OH is 2. The Morgan fingerprint density at radius 1 is 1.15 bits per heavy atom. The van der Waals surface area contributed by atoms with Gasteiger partial charge >= 0.3 is 12.1 Å². The van der Waals surface area contributed by atoms with Crippen molar-refractivity contribution >= 4 is 23.7 Å². The number of benzene rings is 1. The standard InChI is InChI=1S/C29H42N2O8/c1-4-38-26(35)19-6-5-7-20(16-19)30-27(36)39-24-10-11-28(2)21(17-25(34)31-12-14-37-15-13-31)22(33)8-9-23(28)29(24,3)18-32/h5-7,16,21-24,32-33H,4,8-15,17-18H2,1-3H3,(H,30,36). The Morgan fingerprint density at radius 2 is 1.90 bits per heavy atom. The van der Waals surface area contributed by atoms with Gasteiger partial charge in [-0.05, 0) is 68.1 Å². The summed E-state index contributed by atoms with van der Waals surface area (Å²) in [4.78, 5) is 39.9. The molecule has 3 fully saturated rings. The number of rotatable bonds is 7. The van der Waals surface area contributed by atoms with Gasteiger partial charge in [-0.15, -0.1) is 0 Å². The van der Waals surface area contributed by atoms with E-state index in [0.717, 1.165) is 0 Å². The molecular weight excluding hydrogens is 504 g/mol. The Kier molecular flexibility index (Phi) is 9.18. The zero-order chi connectivity index (χ0) is 28.2. The highest BCUT2D eigenvalue weighted by atomic mass is 16.6. The number of aliphatic hydroxyl groups is 2. The lowest BCUT2D eigenvalue weighted by Gasteiger charge is -2.60. The van der Waals surface area contributed by atoms with E-state index in [-0.39, 0.29) is 37.4 Å². The summed E-state index contributed by atoms with van der Waals surface area (Å²) in [6, 6.07) is 6.45. The molecule has 1 saturated heterocycles. The first-order valence-corrected chi connectivity index (χ1v) is 14.0. The summed E-state index contributed by atoms with van der Waals surface area (Å²) in [5.41, 5.74) is -0.431. The third kappa shape index (κ3) is 6.07. The van der Waals surface area contributed by atoms with Gasteiger partial charge in [0.25, 0.3) is 0 Å². The van der Waals surface area contributed by atoms with Crippen LogP contribution in [-0.4, -0.2) is 84.8 Å². The first-order valence-electron chi connectivity index (χ1n) is 14.0. The van der Waals surface area contributed by atoms with E-state index in [1.165, 1.54) is 6.07 Å². The van der Waals surface area contributed by atoms with Crippen LogP contribution in [0.5, 0.6) is 0 Å². The van der Waals surface area contributed by atoms with E-state index in [4.69, 9.17) is 14.2 Å². The molecule has 1 aromatic rings. The fourth-order valence-electron chi connectivity index (χ4n) is 7.12. The summed E-state index contributed by atoms with van der Waals surface area (Å²) in [6.07, 6.45) is 0.761. The highest BCUT2D eigenvalue weighted by Gasteiger charge is 2.60. The number of esters is 1. The number of anilines is 1. The van der Waals surface area contributed by atoms with Crippen LogP contribution in [0.4, 0.5) is 10.5 Å². The number of ether oxygens (including phenoxy) is 3. The highest BCUT2D eigenvalue weighted by molar-refractivity contribution is 5.92. The van der Waals surface area contributed by atoms with Crippen LogP contribution in [0.25, 0.3) is 0 Å². The van der Waals surface area contributed by atoms with Crippen LogP contribution in [0.3, 0.4) is 0 Å². The number of nitrogens with zero attached hydrogens (tertiary/aromatic N) is 1. The molecule has 4 rings (SSSR count). The molecule has 0 aromatic heterocycles. The van der Waals surface area contributed by atoms with Gasteiger partial charge in [0.2, 0.25) is 5.91 Å². The molecule has 0 bridgehead atoms. The molecule has 1 aliphatic heterocycles. The van der Waals surface area contributed by atoms with Gasteiger partial charge in [0.1, 0.15) is 6.10 Å². The topological polar surface area (TPSA) is 135 Å². The van der Waals surface area contributed by atoms with Crippen LogP contribution in [-0.2, 0) is 19.0 Å². The number of fused-ring (bicyclic) bond motifs is 1. The van der Waals surface area contributed by atoms with Crippen LogP contribution in [0, 0.1) is 22.7 Å². The van der Waals surface area contributed by atoms with Crippen LogP contribution >= 0.6 is 0 Å². The minimum Gasteiger partial charge on any atom is -0.462 e. The molecule has 1 aromatic carbocycles. The highest BCUT2D eigenvalue weighted by Crippen LogP contribution is 2.61. The van der Waals surface area contributed by atoms with Crippen molar-refractivity contribution in [2.45, 2.75) is 65.1 Å². The predicted octanol–water partition coefficient (Wildman–Crippen LogP) is 3.22. The lowest BCUT2D eigenvalue weighted by atomic mass is 9.46. The van der Waals surface area contributed by atoms with Gasteiger partial charge in [-0.2, -0.15) is 0 Å². The molecule has 2 aliphatic carbocycles.